The van der Waals surface area contributed by atoms with Crippen molar-refractivity contribution < 1.29 is 127 Å². The maximum absolute atomic E-state index is 12.6. The summed E-state index contributed by atoms with van der Waals surface area (Å²) in [4.78, 5) is -7.13. The summed E-state index contributed by atoms with van der Waals surface area (Å²) in [5.41, 5.74) is 0. The number of halogens is 15. The topological polar surface area (TPSA) is 172 Å². The molecule has 0 bridgehead atoms. The van der Waals surface area contributed by atoms with E-state index in [-0.39, 0.29) is 22.4 Å². The molecule has 0 aliphatic rings. The fourth-order valence-electron chi connectivity index (χ4n) is 2.41. The van der Waals surface area contributed by atoms with E-state index < -0.39 is 132 Å². The van der Waals surface area contributed by atoms with E-state index in [2.05, 4.69) is 0 Å². The number of benzene rings is 3. The van der Waals surface area contributed by atoms with E-state index in [4.69, 9.17) is 0 Å². The minimum Gasteiger partial charge on any atom is -0.744 e. The van der Waals surface area contributed by atoms with Crippen LogP contribution in [-0.4, -0.2) is 38.9 Å². The average molecular weight is 849 g/mol. The molecule has 0 saturated carbocycles. The van der Waals surface area contributed by atoms with Crippen LogP contribution in [0.1, 0.15) is 0 Å². The molecule has 1 radical (unpaired) electrons. The van der Waals surface area contributed by atoms with Crippen molar-refractivity contribution in [2.24, 2.45) is 0 Å². The zero-order valence-electron chi connectivity index (χ0n) is 19.9. The van der Waals surface area contributed by atoms with Gasteiger partial charge in [-0.3, -0.25) is 0 Å². The van der Waals surface area contributed by atoms with Crippen LogP contribution >= 0.6 is 0 Å². The molecule has 3 aromatic carbocycles. The minimum atomic E-state index is -5.77. The fraction of sp³-hybridized carbons (Fsp3) is 0. The van der Waals surface area contributed by atoms with Crippen molar-refractivity contribution in [3.63, 3.8) is 0 Å². The second-order valence-corrected chi connectivity index (χ2v) is 11.0. The summed E-state index contributed by atoms with van der Waals surface area (Å²) >= 11 is 0. The second kappa shape index (κ2) is 14.9. The Hall–Kier alpha value is -2.92. The van der Waals surface area contributed by atoms with Crippen LogP contribution in [0.2, 0.25) is 0 Å². The van der Waals surface area contributed by atoms with Gasteiger partial charge in [0.05, 0.1) is 0 Å². The van der Waals surface area contributed by atoms with Crippen LogP contribution in [0.15, 0.2) is 14.7 Å². The van der Waals surface area contributed by atoms with Crippen LogP contribution in [-0.2, 0) is 52.7 Å². The van der Waals surface area contributed by atoms with Gasteiger partial charge in [-0.2, -0.15) is 0 Å². The Morgan fingerprint density at radius 2 is 0.348 bits per heavy atom. The van der Waals surface area contributed by atoms with Crippen LogP contribution < -0.4 is 0 Å². The number of rotatable bonds is 3. The third-order valence-electron chi connectivity index (χ3n) is 4.26. The zero-order valence-corrected chi connectivity index (χ0v) is 23.8. The molecule has 0 aromatic heterocycles. The monoisotopic (exact) mass is 848 g/mol. The number of hydrogen-bond donors (Lipinski definition) is 0. The summed E-state index contributed by atoms with van der Waals surface area (Å²) < 4.78 is 279. The molecule has 9 nitrogen and oxygen atoms in total. The Balaban J connectivity index is 0.000000653. The molecule has 0 amide bonds. The molecule has 46 heavy (non-hydrogen) atoms. The van der Waals surface area contributed by atoms with Gasteiger partial charge < -0.3 is 13.7 Å². The van der Waals surface area contributed by atoms with Crippen molar-refractivity contribution in [3.05, 3.63) is 87.3 Å². The fourth-order valence-corrected chi connectivity index (χ4v) is 4.27. The molecule has 0 heterocycles. The summed E-state index contributed by atoms with van der Waals surface area (Å²) in [6.45, 7) is 0. The largest absolute Gasteiger partial charge is 0.744 e. The van der Waals surface area contributed by atoms with Gasteiger partial charge >= 0.3 is 0 Å². The average Bonchev–Trinajstić information content (AvgIpc) is 2.89. The summed E-state index contributed by atoms with van der Waals surface area (Å²) in [6.07, 6.45) is 0. The number of hydrogen-bond acceptors (Lipinski definition) is 9. The SMILES string of the molecule is O=S(=O)([O-])c1c(F)c(F)c(F)c(F)c1F.O=S(=O)([O-])c1c(F)c(F)c(F)c(F)c1F.O=S(=O)([O-])c1c(F)c(F)c(F)c(F)c1F.[Ag]. The standard InChI is InChI=1S/3C6HF5O3S.Ag/c3*7-1-2(8)4(10)6(15(12,13)14)5(11)3(1)9;/h3*(H,12,13,14);/p-3. The van der Waals surface area contributed by atoms with Gasteiger partial charge in [0.2, 0.25) is 17.5 Å². The van der Waals surface area contributed by atoms with Crippen LogP contribution in [0.4, 0.5) is 65.9 Å². The van der Waals surface area contributed by atoms with E-state index in [1.165, 1.54) is 0 Å². The Kier molecular flexibility index (Phi) is 13.9. The molecule has 0 aliphatic heterocycles. The van der Waals surface area contributed by atoms with Crippen LogP contribution in [0.5, 0.6) is 0 Å². The molecule has 0 saturated heterocycles. The molecule has 0 unspecified atom stereocenters. The molecule has 0 N–H and O–H groups in total. The van der Waals surface area contributed by atoms with Crippen LogP contribution in [0.25, 0.3) is 0 Å². The van der Waals surface area contributed by atoms with Crippen molar-refractivity contribution in [2.45, 2.75) is 14.7 Å². The Bertz CT molecular complexity index is 1720. The van der Waals surface area contributed by atoms with Gasteiger partial charge in [0.25, 0.3) is 0 Å². The predicted molar refractivity (Wildman–Crippen MR) is 103 cm³/mol. The summed E-state index contributed by atoms with van der Waals surface area (Å²) in [5.74, 6) is -38.5. The molecular weight excluding hydrogens is 849 g/mol. The van der Waals surface area contributed by atoms with Gasteiger partial charge in [-0.05, 0) is 0 Å². The van der Waals surface area contributed by atoms with Crippen LogP contribution in [0.3, 0.4) is 0 Å². The van der Waals surface area contributed by atoms with Gasteiger partial charge in [-0.1, -0.05) is 0 Å². The van der Waals surface area contributed by atoms with E-state index in [0.29, 0.717) is 0 Å². The Labute approximate surface area is 259 Å². The molecule has 3 rings (SSSR count). The zero-order chi connectivity index (χ0) is 35.9. The van der Waals surface area contributed by atoms with E-state index in [9.17, 15) is 105 Å². The van der Waals surface area contributed by atoms with Gasteiger partial charge in [0.1, 0.15) is 45.0 Å². The van der Waals surface area contributed by atoms with Gasteiger partial charge in [-0.25, -0.2) is 91.1 Å². The second-order valence-electron chi connectivity index (χ2n) is 7.06. The van der Waals surface area contributed by atoms with Crippen molar-refractivity contribution in [1.82, 2.24) is 0 Å². The molecular formula is C18AgF15O9S3-3. The van der Waals surface area contributed by atoms with E-state index in [1.54, 1.807) is 0 Å². The van der Waals surface area contributed by atoms with E-state index in [1.807, 2.05) is 0 Å². The summed E-state index contributed by atoms with van der Waals surface area (Å²) in [6, 6.07) is 0. The molecule has 0 fully saturated rings. The maximum atomic E-state index is 12.6. The van der Waals surface area contributed by atoms with Gasteiger partial charge in [0, 0.05) is 22.4 Å². The normalized spacial score (nSPS) is 11.6. The Morgan fingerprint density at radius 1 is 0.261 bits per heavy atom. The van der Waals surface area contributed by atoms with Gasteiger partial charge in [-0.15, -0.1) is 0 Å². The minimum absolute atomic E-state index is 0. The molecule has 0 aliphatic carbocycles. The molecule has 3 aromatic rings. The third kappa shape index (κ3) is 8.70. The quantitative estimate of drug-likeness (QED) is 0.125. The van der Waals surface area contributed by atoms with Crippen molar-refractivity contribution >= 4 is 30.4 Å². The third-order valence-corrected chi connectivity index (χ3v) is 6.83. The van der Waals surface area contributed by atoms with Crippen molar-refractivity contribution in [3.8, 4) is 0 Å². The molecule has 0 atom stereocenters. The smallest absolute Gasteiger partial charge is 0.200 e. The molecule has 28 heteroatoms. The first-order valence-electron chi connectivity index (χ1n) is 9.45. The first-order chi connectivity index (χ1) is 20.0. The summed E-state index contributed by atoms with van der Waals surface area (Å²) in [7, 11) is -17.3. The maximum Gasteiger partial charge on any atom is 0.200 e. The molecule has 0 spiro atoms. The summed E-state index contributed by atoms with van der Waals surface area (Å²) in [5, 5.41) is 0. The molecule has 263 valence electrons. The van der Waals surface area contributed by atoms with Gasteiger partial charge in [0.15, 0.2) is 69.8 Å². The van der Waals surface area contributed by atoms with E-state index in [0.717, 1.165) is 0 Å². The first-order valence-corrected chi connectivity index (χ1v) is 13.7. The van der Waals surface area contributed by atoms with Crippen molar-refractivity contribution in [2.75, 3.05) is 0 Å². The van der Waals surface area contributed by atoms with E-state index >= 15 is 0 Å². The Morgan fingerprint density at radius 3 is 0.435 bits per heavy atom. The van der Waals surface area contributed by atoms with Crippen LogP contribution in [0, 0.1) is 87.3 Å². The predicted octanol–water partition coefficient (Wildman–Crippen LogP) is 3.86. The van der Waals surface area contributed by atoms with Crippen molar-refractivity contribution in [1.29, 1.82) is 0 Å². The first kappa shape index (κ1) is 43.1.